The molecule has 0 nitrogen and oxygen atoms in total. The lowest BCUT2D eigenvalue weighted by atomic mass is 8.36. The van der Waals surface area contributed by atoms with E-state index in [1.807, 2.05) is 0 Å². The summed E-state index contributed by atoms with van der Waals surface area (Å²) >= 11 is 0. The van der Waals surface area contributed by atoms with Crippen LogP contribution in [-0.2, 0) is 0 Å². The minimum atomic E-state index is -3.41. The maximum absolute atomic E-state index is 7.11. The number of hydrogen-bond donors (Lipinski definition) is 0. The Bertz CT molecular complexity index is 1350. The molecule has 0 heterocycles. The summed E-state index contributed by atoms with van der Waals surface area (Å²) in [7, 11) is 302. The molecule has 0 aliphatic heterocycles. The summed E-state index contributed by atoms with van der Waals surface area (Å²) in [5.41, 5.74) is 0. The van der Waals surface area contributed by atoms with Gasteiger partial charge in [-0.1, -0.05) is 0 Å². The van der Waals surface area contributed by atoms with Gasteiger partial charge in [-0.05, 0) is 0 Å². The summed E-state index contributed by atoms with van der Waals surface area (Å²) in [6.45, 7) is 0. The van der Waals surface area contributed by atoms with Crippen molar-refractivity contribution in [2.75, 3.05) is 0 Å². The van der Waals surface area contributed by atoms with Crippen molar-refractivity contribution in [1.29, 1.82) is 0 Å². The van der Waals surface area contributed by atoms with Crippen LogP contribution in [0.5, 0.6) is 0 Å². The lowest BCUT2D eigenvalue weighted by Gasteiger charge is -2.63. The largest absolute Gasteiger partial charge is 0.253 e. The van der Waals surface area contributed by atoms with E-state index in [1.165, 1.54) is 0 Å². The summed E-state index contributed by atoms with van der Waals surface area (Å²) in [4.78, 5) is 0. The fourth-order valence-corrected chi connectivity index (χ4v) is 20.5. The molecule has 0 saturated heterocycles. The molecule has 88 radical (unpaired) electrons. The molecule has 0 unspecified atom stereocenters. The minimum absolute atomic E-state index is 1.61. The maximum Gasteiger partial charge on any atom is 0.0527 e. The molecule has 260 valence electrons. The van der Waals surface area contributed by atoms with Crippen LogP contribution in [-0.4, -0.2) is 602 Å². The molecule has 0 bridgehead atoms. The Morgan fingerprint density at radius 1 is 0.0930 bits per heavy atom. The van der Waals surface area contributed by atoms with Gasteiger partial charge in [0.1, 0.15) is 0 Å². The lowest BCUT2D eigenvalue weighted by Crippen LogP contribution is -2.92. The first-order chi connectivity index (χ1) is 39.1. The first-order valence-electron chi connectivity index (χ1n) is 28.1. The molecule has 0 aliphatic carbocycles. The summed E-state index contributed by atoms with van der Waals surface area (Å²) in [6, 6.07) is 0. The fourth-order valence-electron chi connectivity index (χ4n) is 14.5. The normalized spacial score (nSPS) is 9.92. The lowest BCUT2D eigenvalue weighted by molar-refractivity contribution is 3.21. The van der Waals surface area contributed by atoms with Gasteiger partial charge >= 0.3 is 0 Å². The predicted octanol–water partition coefficient (Wildman–Crippen LogP) is -31.5. The van der Waals surface area contributed by atoms with E-state index in [-0.39, 0.29) is 0 Å². The summed E-state index contributed by atoms with van der Waals surface area (Å²) in [5.74, 6) is 0. The van der Waals surface area contributed by atoms with Gasteiger partial charge in [-0.2, -0.15) is 0 Å². The minimum Gasteiger partial charge on any atom is -0.253 e. The zero-order chi connectivity index (χ0) is 68.2. The van der Waals surface area contributed by atoms with Crippen LogP contribution in [0.15, 0.2) is 0 Å². The molecule has 0 spiro atoms. The average Bonchev–Trinajstić information content (AvgIpc) is 3.27. The van der Waals surface area contributed by atoms with Crippen LogP contribution < -0.4 is 0 Å². The molecule has 0 amide bonds. The molecule has 0 aromatic rings. The van der Waals surface area contributed by atoms with Crippen LogP contribution in [0.1, 0.15) is 0 Å². The van der Waals surface area contributed by atoms with Gasteiger partial charge in [-0.3, -0.25) is 7.56 Å². The summed E-state index contributed by atoms with van der Waals surface area (Å²) < 4.78 is 0. The second kappa shape index (κ2) is 42.3. The Labute approximate surface area is 603 Å². The Kier molecular flexibility index (Phi) is 45.2. The van der Waals surface area contributed by atoms with Crippen LogP contribution in [0.4, 0.5) is 0 Å². The van der Waals surface area contributed by atoms with Crippen LogP contribution in [0.25, 0.3) is 0 Å². The molecule has 0 saturated carbocycles. The SMILES string of the molecule is [B]B([B])B(B([B])[B])B(B(B([B])[B])B([B])[B])B(B(B([B])[B])B([B])[B])P(B(B(B(B([B])[B])B([B])[B])B(B([B])[B])B([B])[B])B(B(B([B])[B])B([B])[B])B(B([B])[B])B([B])[B])B(B(B(B([B])[B])B([B])[B])B(B([B])[B])B([B])[B])B(B(B([B])[B])B([B])[B])B(B([B])[B])B([B])[B]. The molecule has 86 heteroatoms. The molecule has 0 aliphatic rings. The van der Waals surface area contributed by atoms with Gasteiger partial charge in [-0.15, -0.1) is 0 Å². The summed E-state index contributed by atoms with van der Waals surface area (Å²) in [5, 5.41) is 0. The van der Waals surface area contributed by atoms with Gasteiger partial charge in [0.25, 0.3) is 0 Å². The topological polar surface area (TPSA) is 0 Å². The molecule has 0 rings (SSSR count). The average molecular weight is 950 g/mol. The van der Waals surface area contributed by atoms with E-state index in [4.69, 9.17) is 340 Å². The highest BCUT2D eigenvalue weighted by atomic mass is 31.1. The predicted molar refractivity (Wildman–Crippen MR) is 496 cm³/mol. The van der Waals surface area contributed by atoms with Gasteiger partial charge < -0.3 is 0 Å². The van der Waals surface area contributed by atoms with E-state index >= 15 is 0 Å². The van der Waals surface area contributed by atoms with Gasteiger partial charge in [0, 0.05) is 583 Å². The van der Waals surface area contributed by atoms with Gasteiger partial charge in [0.15, 0.2) is 0 Å². The number of hydrogen-bond acceptors (Lipinski definition) is 0. The van der Waals surface area contributed by atoms with Crippen LogP contribution in [0.3, 0.4) is 0 Å². The first-order valence-corrected chi connectivity index (χ1v) is 29.7. The first kappa shape index (κ1) is 91.9. The zero-order valence-electron chi connectivity index (χ0n) is 49.5. The van der Waals surface area contributed by atoms with Crippen molar-refractivity contribution >= 4 is 609 Å². The highest BCUT2D eigenvalue weighted by molar-refractivity contribution is 8.64. The standard InChI is InChI=1S/B85P/c1-45(2)67(46(3)4)78(68(47(5)6)48(7)8)83(77(65(41)42)66(43)44)86(84(79(69(49(9)10)50(11)12)70(51(13)14)52(15)16)80(71(53(17)18)54(19)20)72(55(21)22)56(23)24)85(81(73(57(25)26)58(27)28)74(59(29)30)60(31)32)82(75(61(33)34)62(35)36)76(63(37)38)64(39)40. The third-order valence-electron chi connectivity index (χ3n) is 17.6. The van der Waals surface area contributed by atoms with Crippen molar-refractivity contribution in [3.05, 3.63) is 0 Å². The molecule has 0 N–H and O–H groups in total. The fraction of sp³-hybridized carbons (Fsp3) is 0. The molecule has 0 fully saturated rings. The van der Waals surface area contributed by atoms with Crippen molar-refractivity contribution < 1.29 is 0 Å². The Morgan fingerprint density at radius 2 is 0.163 bits per heavy atom. The van der Waals surface area contributed by atoms with Crippen molar-refractivity contribution in [1.82, 2.24) is 0 Å². The van der Waals surface area contributed by atoms with E-state index in [1.54, 1.807) is 0 Å². The zero-order valence-corrected chi connectivity index (χ0v) is 50.4. The van der Waals surface area contributed by atoms with Crippen molar-refractivity contribution in [2.45, 2.75) is 0 Å². The quantitative estimate of drug-likeness (QED) is 0.0423. The van der Waals surface area contributed by atoms with E-state index in [0.717, 1.165) is 0 Å². The molecule has 86 heavy (non-hydrogen) atoms. The van der Waals surface area contributed by atoms with Crippen LogP contribution in [0.2, 0.25) is 0 Å². The number of rotatable bonds is 41. The molecular weight excluding hydrogens is 950 g/mol. The second-order valence-electron chi connectivity index (χ2n) is 23.9. The highest BCUT2D eigenvalue weighted by Gasteiger charge is 2.66. The van der Waals surface area contributed by atoms with Crippen LogP contribution in [0, 0.1) is 0 Å². The highest BCUT2D eigenvalue weighted by Crippen LogP contribution is 2.53. The second-order valence-corrected chi connectivity index (χ2v) is 26.5. The van der Waals surface area contributed by atoms with Crippen molar-refractivity contribution in [2.24, 2.45) is 0 Å². The third-order valence-corrected chi connectivity index (χ3v) is 21.8. The van der Waals surface area contributed by atoms with E-state index < -0.39 is 269 Å². The van der Waals surface area contributed by atoms with Gasteiger partial charge in [0.2, 0.25) is 0 Å². The van der Waals surface area contributed by atoms with Gasteiger partial charge in [-0.25, -0.2) is 0 Å². The van der Waals surface area contributed by atoms with E-state index in [2.05, 4.69) is 0 Å². The van der Waals surface area contributed by atoms with E-state index in [9.17, 15) is 0 Å². The van der Waals surface area contributed by atoms with Gasteiger partial charge in [0.05, 0.1) is 18.6 Å². The smallest absolute Gasteiger partial charge is 0.0527 e. The monoisotopic (exact) mass is 967 g/mol. The maximum atomic E-state index is 7.11. The third kappa shape index (κ3) is 24.6. The molecular formula is B85P. The van der Waals surface area contributed by atoms with Crippen molar-refractivity contribution in [3.8, 4) is 0 Å². The molecule has 0 atom stereocenters. The Hall–Kier alpha value is 5.95. The van der Waals surface area contributed by atoms with Crippen molar-refractivity contribution in [3.63, 3.8) is 0 Å². The molecule has 0 aromatic heterocycles. The van der Waals surface area contributed by atoms with Crippen LogP contribution >= 0.6 is 7.56 Å². The van der Waals surface area contributed by atoms with E-state index in [0.29, 0.717) is 0 Å². The molecule has 0 aromatic carbocycles. The Morgan fingerprint density at radius 3 is 0.233 bits per heavy atom. The Balaban J connectivity index is 13.3. The summed E-state index contributed by atoms with van der Waals surface area (Å²) in [6.07, 6.45) is -70.7.